The van der Waals surface area contributed by atoms with Crippen molar-refractivity contribution < 1.29 is 14.6 Å². The Balaban J connectivity index is 2.05. The van der Waals surface area contributed by atoms with Crippen LogP contribution < -0.4 is 5.32 Å². The first-order valence-electron chi connectivity index (χ1n) is 6.15. The largest absolute Gasteiger partial charge is 0.389 e. The summed E-state index contributed by atoms with van der Waals surface area (Å²) >= 11 is 6.01. The number of carbonyl (C=O) groups is 1. The second kappa shape index (κ2) is 6.23. The van der Waals surface area contributed by atoms with Gasteiger partial charge in [-0.3, -0.25) is 0 Å². The minimum Gasteiger partial charge on any atom is -0.389 e. The molecule has 1 aromatic rings. The van der Waals surface area contributed by atoms with Crippen LogP contribution >= 0.6 is 11.6 Å². The summed E-state index contributed by atoms with van der Waals surface area (Å²) < 4.78 is 5.19. The number of β-amino-alcohol motifs (C(OH)–C–C–N with tert-alkyl or cyclic N) is 1. The van der Waals surface area contributed by atoms with E-state index in [-0.39, 0.29) is 19.2 Å². The van der Waals surface area contributed by atoms with Crippen molar-refractivity contribution in [3.8, 4) is 0 Å². The van der Waals surface area contributed by atoms with Gasteiger partial charge in [-0.05, 0) is 24.6 Å². The fourth-order valence-corrected chi connectivity index (χ4v) is 2.09. The molecule has 1 heterocycles. The van der Waals surface area contributed by atoms with Crippen molar-refractivity contribution in [3.63, 3.8) is 0 Å². The number of aliphatic hydroxyl groups is 1. The van der Waals surface area contributed by atoms with E-state index in [1.165, 1.54) is 4.90 Å². The summed E-state index contributed by atoms with van der Waals surface area (Å²) in [6.45, 7) is 3.27. The lowest BCUT2D eigenvalue weighted by atomic mass is 10.2. The minimum atomic E-state index is -0.645. The highest BCUT2D eigenvalue weighted by atomic mass is 35.5. The maximum Gasteiger partial charge on any atom is 0.322 e. The normalized spacial score (nSPS) is 19.9. The van der Waals surface area contributed by atoms with Crippen LogP contribution in [0.25, 0.3) is 0 Å². The van der Waals surface area contributed by atoms with Gasteiger partial charge in [0, 0.05) is 17.3 Å². The standard InChI is InChI=1S/C13H17ClN2O3/c1-9-11(14)3-2-4-12(9)15-13(18)16-5-6-19-8-10(17)7-16/h2-4,10,17H,5-8H2,1H3,(H,15,18)/t10-/m1/s1. The number of amides is 2. The smallest absolute Gasteiger partial charge is 0.322 e. The third kappa shape index (κ3) is 3.59. The molecule has 0 radical (unpaired) electrons. The lowest BCUT2D eigenvalue weighted by Gasteiger charge is -2.22. The molecule has 2 N–H and O–H groups in total. The molecule has 5 nitrogen and oxygen atoms in total. The third-order valence-corrected chi connectivity index (χ3v) is 3.45. The first-order valence-corrected chi connectivity index (χ1v) is 6.52. The number of hydrogen-bond acceptors (Lipinski definition) is 3. The van der Waals surface area contributed by atoms with Gasteiger partial charge < -0.3 is 20.1 Å². The molecule has 1 atom stereocenters. The van der Waals surface area contributed by atoms with E-state index in [9.17, 15) is 9.90 Å². The average molecular weight is 285 g/mol. The Labute approximate surface area is 117 Å². The highest BCUT2D eigenvalue weighted by Gasteiger charge is 2.21. The summed E-state index contributed by atoms with van der Waals surface area (Å²) in [6.07, 6.45) is -0.645. The van der Waals surface area contributed by atoms with E-state index < -0.39 is 6.10 Å². The van der Waals surface area contributed by atoms with Gasteiger partial charge in [-0.1, -0.05) is 17.7 Å². The van der Waals surface area contributed by atoms with Gasteiger partial charge in [0.15, 0.2) is 0 Å². The molecule has 0 unspecified atom stereocenters. The second-order valence-corrected chi connectivity index (χ2v) is 4.92. The molecule has 104 valence electrons. The highest BCUT2D eigenvalue weighted by molar-refractivity contribution is 6.31. The number of ether oxygens (including phenoxy) is 1. The molecule has 0 aromatic heterocycles. The number of nitrogens with zero attached hydrogens (tertiary/aromatic N) is 1. The van der Waals surface area contributed by atoms with E-state index in [1.54, 1.807) is 18.2 Å². The van der Waals surface area contributed by atoms with Crippen molar-refractivity contribution in [1.82, 2.24) is 4.90 Å². The number of benzene rings is 1. The maximum atomic E-state index is 12.1. The van der Waals surface area contributed by atoms with Crippen molar-refractivity contribution in [2.45, 2.75) is 13.0 Å². The molecular formula is C13H17ClN2O3. The molecule has 6 heteroatoms. The topological polar surface area (TPSA) is 61.8 Å². The van der Waals surface area contributed by atoms with Crippen molar-refractivity contribution >= 4 is 23.3 Å². The quantitative estimate of drug-likeness (QED) is 0.828. The molecule has 0 spiro atoms. The Morgan fingerprint density at radius 1 is 1.58 bits per heavy atom. The number of hydrogen-bond donors (Lipinski definition) is 2. The van der Waals surface area contributed by atoms with E-state index in [0.29, 0.717) is 23.9 Å². The van der Waals surface area contributed by atoms with Crippen LogP contribution in [0.15, 0.2) is 18.2 Å². The molecule has 1 aliphatic rings. The van der Waals surface area contributed by atoms with Crippen LogP contribution in [0, 0.1) is 6.92 Å². The average Bonchev–Trinajstić information content (AvgIpc) is 2.60. The fraction of sp³-hybridized carbons (Fsp3) is 0.462. The predicted octanol–water partition coefficient (Wildman–Crippen LogP) is 1.87. The van der Waals surface area contributed by atoms with Gasteiger partial charge in [0.2, 0.25) is 0 Å². The number of urea groups is 1. The van der Waals surface area contributed by atoms with Gasteiger partial charge in [-0.25, -0.2) is 4.79 Å². The summed E-state index contributed by atoms with van der Waals surface area (Å²) in [4.78, 5) is 13.7. The van der Waals surface area contributed by atoms with E-state index in [2.05, 4.69) is 5.32 Å². The molecule has 0 bridgehead atoms. The van der Waals surface area contributed by atoms with Gasteiger partial charge >= 0.3 is 6.03 Å². The van der Waals surface area contributed by atoms with Gasteiger partial charge in [0.25, 0.3) is 0 Å². The molecule has 2 amide bonds. The van der Waals surface area contributed by atoms with Crippen LogP contribution in [0.3, 0.4) is 0 Å². The van der Waals surface area contributed by atoms with Gasteiger partial charge in [0.1, 0.15) is 0 Å². The van der Waals surface area contributed by atoms with Crippen LogP contribution in [0.5, 0.6) is 0 Å². The molecule has 1 saturated heterocycles. The zero-order chi connectivity index (χ0) is 13.8. The summed E-state index contributed by atoms with van der Waals surface area (Å²) in [5, 5.41) is 13.0. The highest BCUT2D eigenvalue weighted by Crippen LogP contribution is 2.23. The maximum absolute atomic E-state index is 12.1. The summed E-state index contributed by atoms with van der Waals surface area (Å²) in [5.41, 5.74) is 1.50. The molecule has 2 rings (SSSR count). The Bertz CT molecular complexity index is 467. The monoisotopic (exact) mass is 284 g/mol. The first kappa shape index (κ1) is 14.1. The number of carbonyl (C=O) groups excluding carboxylic acids is 1. The number of aliphatic hydroxyl groups excluding tert-OH is 1. The van der Waals surface area contributed by atoms with Crippen LogP contribution in [0.1, 0.15) is 5.56 Å². The zero-order valence-corrected chi connectivity index (χ0v) is 11.5. The van der Waals surface area contributed by atoms with Crippen molar-refractivity contribution in [3.05, 3.63) is 28.8 Å². The van der Waals surface area contributed by atoms with Crippen molar-refractivity contribution in [2.24, 2.45) is 0 Å². The molecule has 1 fully saturated rings. The Kier molecular flexibility index (Phi) is 4.63. The van der Waals surface area contributed by atoms with Crippen LogP contribution in [0.2, 0.25) is 5.02 Å². The molecule has 0 saturated carbocycles. The Morgan fingerprint density at radius 2 is 2.37 bits per heavy atom. The van der Waals surface area contributed by atoms with E-state index >= 15 is 0 Å². The fourth-order valence-electron chi connectivity index (χ4n) is 1.91. The van der Waals surface area contributed by atoms with Gasteiger partial charge in [-0.15, -0.1) is 0 Å². The van der Waals surface area contributed by atoms with Crippen molar-refractivity contribution in [1.29, 1.82) is 0 Å². The van der Waals surface area contributed by atoms with E-state index in [1.807, 2.05) is 6.92 Å². The van der Waals surface area contributed by atoms with E-state index in [4.69, 9.17) is 16.3 Å². The van der Waals surface area contributed by atoms with Crippen LogP contribution in [-0.2, 0) is 4.74 Å². The molecular weight excluding hydrogens is 268 g/mol. The predicted molar refractivity (Wildman–Crippen MR) is 73.6 cm³/mol. The zero-order valence-electron chi connectivity index (χ0n) is 10.7. The van der Waals surface area contributed by atoms with Gasteiger partial charge in [-0.2, -0.15) is 0 Å². The second-order valence-electron chi connectivity index (χ2n) is 4.52. The molecule has 1 aromatic carbocycles. The molecule has 0 aliphatic carbocycles. The summed E-state index contributed by atoms with van der Waals surface area (Å²) in [5.74, 6) is 0. The number of halogens is 1. The lowest BCUT2D eigenvalue weighted by Crippen LogP contribution is -2.40. The number of anilines is 1. The molecule has 1 aliphatic heterocycles. The van der Waals surface area contributed by atoms with Crippen molar-refractivity contribution in [2.75, 3.05) is 31.6 Å². The first-order chi connectivity index (χ1) is 9.08. The SMILES string of the molecule is Cc1c(Cl)cccc1NC(=O)N1CCOC[C@H](O)C1. The summed E-state index contributed by atoms with van der Waals surface area (Å²) in [6, 6.07) is 5.10. The Morgan fingerprint density at radius 3 is 3.16 bits per heavy atom. The molecule has 19 heavy (non-hydrogen) atoms. The van der Waals surface area contributed by atoms with Crippen LogP contribution in [0.4, 0.5) is 10.5 Å². The van der Waals surface area contributed by atoms with E-state index in [0.717, 1.165) is 5.56 Å². The summed E-state index contributed by atoms with van der Waals surface area (Å²) in [7, 11) is 0. The lowest BCUT2D eigenvalue weighted by molar-refractivity contribution is 0.0575. The van der Waals surface area contributed by atoms with Gasteiger partial charge in [0.05, 0.1) is 25.9 Å². The van der Waals surface area contributed by atoms with Crippen LogP contribution in [-0.4, -0.2) is 48.4 Å². The minimum absolute atomic E-state index is 0.255. The Hall–Kier alpha value is -1.30. The number of rotatable bonds is 1. The number of nitrogens with one attached hydrogen (secondary N) is 1. The third-order valence-electron chi connectivity index (χ3n) is 3.04.